The van der Waals surface area contributed by atoms with E-state index >= 15 is 0 Å². The fourth-order valence-corrected chi connectivity index (χ4v) is 3.42. The molecular weight excluding hydrogens is 396 g/mol. The van der Waals surface area contributed by atoms with E-state index in [1.807, 2.05) is 54.6 Å². The largest absolute Gasteiger partial charge is 0.514 e. The Hall–Kier alpha value is -3.25. The number of allylic oxidation sites excluding steroid dienone is 3. The monoisotopic (exact) mass is 422 g/mol. The SMILES string of the molecule is C=C/C=C\NC(Cc1ccc(SCC/C(=C/O)N=Cc2ccccc2)cc1)C(=O)O. The Bertz CT molecular complexity index is 890. The molecule has 3 N–H and O–H groups in total. The second kappa shape index (κ2) is 13.1. The number of carboxylic acids is 1. The first-order chi connectivity index (χ1) is 14.6. The normalized spacial score (nSPS) is 12.9. The van der Waals surface area contributed by atoms with Gasteiger partial charge in [-0.2, -0.15) is 0 Å². The quantitative estimate of drug-likeness (QED) is 0.195. The number of nitrogens with one attached hydrogen (secondary N) is 1. The summed E-state index contributed by atoms with van der Waals surface area (Å²) in [6.45, 7) is 3.56. The highest BCUT2D eigenvalue weighted by Gasteiger charge is 2.15. The molecule has 2 aromatic carbocycles. The number of aliphatic hydroxyl groups excluding tert-OH is 1. The van der Waals surface area contributed by atoms with Gasteiger partial charge in [-0.25, -0.2) is 4.79 Å². The third kappa shape index (κ3) is 8.41. The second-order valence-electron chi connectivity index (χ2n) is 6.39. The minimum absolute atomic E-state index is 0.382. The van der Waals surface area contributed by atoms with E-state index in [-0.39, 0.29) is 0 Å². The molecule has 0 fully saturated rings. The number of nitrogens with zero attached hydrogens (tertiary/aromatic N) is 1. The summed E-state index contributed by atoms with van der Waals surface area (Å²) >= 11 is 1.66. The lowest BCUT2D eigenvalue weighted by atomic mass is 10.1. The number of aliphatic imine (C=N–C) groups is 1. The van der Waals surface area contributed by atoms with Crippen molar-refractivity contribution in [3.63, 3.8) is 0 Å². The molecule has 0 amide bonds. The maximum absolute atomic E-state index is 11.4. The summed E-state index contributed by atoms with van der Waals surface area (Å²) in [5, 5.41) is 21.6. The maximum Gasteiger partial charge on any atom is 0.326 e. The molecule has 0 heterocycles. The molecule has 0 saturated carbocycles. The lowest BCUT2D eigenvalue weighted by molar-refractivity contribution is -0.139. The molecule has 0 bridgehead atoms. The molecule has 0 aromatic heterocycles. The molecule has 1 atom stereocenters. The van der Waals surface area contributed by atoms with Gasteiger partial charge in [0, 0.05) is 29.7 Å². The van der Waals surface area contributed by atoms with Gasteiger partial charge < -0.3 is 15.5 Å². The van der Waals surface area contributed by atoms with Gasteiger partial charge in [0.05, 0.1) is 5.70 Å². The van der Waals surface area contributed by atoms with Crippen molar-refractivity contribution in [1.82, 2.24) is 5.32 Å². The van der Waals surface area contributed by atoms with Crippen LogP contribution in [0.5, 0.6) is 0 Å². The zero-order valence-electron chi connectivity index (χ0n) is 16.6. The predicted molar refractivity (Wildman–Crippen MR) is 124 cm³/mol. The first-order valence-corrected chi connectivity index (χ1v) is 10.5. The first kappa shape index (κ1) is 23.0. The van der Waals surface area contributed by atoms with Crippen LogP contribution in [0.2, 0.25) is 0 Å². The van der Waals surface area contributed by atoms with Gasteiger partial charge in [0.1, 0.15) is 12.3 Å². The van der Waals surface area contributed by atoms with Gasteiger partial charge in [-0.3, -0.25) is 4.99 Å². The fourth-order valence-electron chi connectivity index (χ4n) is 2.55. The molecule has 156 valence electrons. The van der Waals surface area contributed by atoms with Gasteiger partial charge >= 0.3 is 5.97 Å². The van der Waals surface area contributed by atoms with E-state index in [4.69, 9.17) is 0 Å². The molecule has 0 aliphatic carbocycles. The lowest BCUT2D eigenvalue weighted by Gasteiger charge is -2.13. The van der Waals surface area contributed by atoms with E-state index in [0.717, 1.165) is 28.0 Å². The molecule has 6 heteroatoms. The van der Waals surface area contributed by atoms with E-state index in [0.29, 0.717) is 18.5 Å². The highest BCUT2D eigenvalue weighted by atomic mass is 32.2. The van der Waals surface area contributed by atoms with Crippen LogP contribution in [0.15, 0.2) is 101 Å². The summed E-state index contributed by atoms with van der Waals surface area (Å²) in [4.78, 5) is 16.8. The summed E-state index contributed by atoms with van der Waals surface area (Å²) in [6, 6.07) is 16.9. The van der Waals surface area contributed by atoms with Crippen molar-refractivity contribution in [2.75, 3.05) is 5.75 Å². The number of carboxylic acid groups (broad SMARTS) is 1. The smallest absolute Gasteiger partial charge is 0.326 e. The number of hydrogen-bond donors (Lipinski definition) is 3. The topological polar surface area (TPSA) is 81.9 Å². The van der Waals surface area contributed by atoms with E-state index in [2.05, 4.69) is 16.9 Å². The summed E-state index contributed by atoms with van der Waals surface area (Å²) in [5.41, 5.74) is 2.54. The molecule has 2 aromatic rings. The number of thioether (sulfide) groups is 1. The van der Waals surface area contributed by atoms with Crippen molar-refractivity contribution < 1.29 is 15.0 Å². The number of hydrogen-bond acceptors (Lipinski definition) is 5. The van der Waals surface area contributed by atoms with Crippen LogP contribution in [0, 0.1) is 0 Å². The highest BCUT2D eigenvalue weighted by Crippen LogP contribution is 2.21. The minimum atomic E-state index is -0.901. The molecule has 1 unspecified atom stereocenters. The Balaban J connectivity index is 1.83. The molecule has 0 saturated heterocycles. The van der Waals surface area contributed by atoms with Gasteiger partial charge in [0.2, 0.25) is 0 Å². The highest BCUT2D eigenvalue weighted by molar-refractivity contribution is 7.99. The summed E-state index contributed by atoms with van der Waals surface area (Å²) < 4.78 is 0. The Labute approximate surface area is 181 Å². The number of rotatable bonds is 12. The van der Waals surface area contributed by atoms with Crippen LogP contribution in [-0.2, 0) is 11.2 Å². The Morgan fingerprint density at radius 1 is 1.17 bits per heavy atom. The molecule has 5 nitrogen and oxygen atoms in total. The van der Waals surface area contributed by atoms with Crippen LogP contribution in [0.4, 0.5) is 0 Å². The van der Waals surface area contributed by atoms with E-state index in [9.17, 15) is 15.0 Å². The van der Waals surface area contributed by atoms with E-state index < -0.39 is 12.0 Å². The number of benzene rings is 2. The van der Waals surface area contributed by atoms with Gasteiger partial charge in [-0.1, -0.05) is 55.1 Å². The van der Waals surface area contributed by atoms with Crippen LogP contribution >= 0.6 is 11.8 Å². The van der Waals surface area contributed by atoms with Crippen LogP contribution < -0.4 is 5.32 Å². The predicted octanol–water partition coefficient (Wildman–Crippen LogP) is 4.97. The molecule has 2 rings (SSSR count). The van der Waals surface area contributed by atoms with E-state index in [1.165, 1.54) is 0 Å². The number of aliphatic hydroxyl groups is 1. The molecule has 0 aliphatic rings. The third-order valence-corrected chi connectivity index (χ3v) is 5.16. The molecule has 0 aliphatic heterocycles. The summed E-state index contributed by atoms with van der Waals surface area (Å²) in [7, 11) is 0. The zero-order chi connectivity index (χ0) is 21.6. The van der Waals surface area contributed by atoms with Crippen molar-refractivity contribution in [2.45, 2.75) is 23.8 Å². The zero-order valence-corrected chi connectivity index (χ0v) is 17.5. The Kier molecular flexibility index (Phi) is 10.0. The summed E-state index contributed by atoms with van der Waals surface area (Å²) in [6.07, 6.45) is 8.63. The van der Waals surface area contributed by atoms with Gasteiger partial charge in [0.15, 0.2) is 0 Å². The molecule has 30 heavy (non-hydrogen) atoms. The van der Waals surface area contributed by atoms with Crippen LogP contribution in [0.1, 0.15) is 17.5 Å². The van der Waals surface area contributed by atoms with Gasteiger partial charge in [-0.05, 0) is 35.5 Å². The average molecular weight is 423 g/mol. The van der Waals surface area contributed by atoms with Crippen molar-refractivity contribution in [1.29, 1.82) is 0 Å². The van der Waals surface area contributed by atoms with Crippen molar-refractivity contribution in [3.8, 4) is 0 Å². The number of aliphatic carboxylic acids is 1. The van der Waals surface area contributed by atoms with Gasteiger partial charge in [-0.15, -0.1) is 11.8 Å². The van der Waals surface area contributed by atoms with Crippen LogP contribution in [0.25, 0.3) is 0 Å². The van der Waals surface area contributed by atoms with Crippen LogP contribution in [0.3, 0.4) is 0 Å². The Morgan fingerprint density at radius 3 is 2.53 bits per heavy atom. The third-order valence-electron chi connectivity index (χ3n) is 4.15. The lowest BCUT2D eigenvalue weighted by Crippen LogP contribution is -2.35. The van der Waals surface area contributed by atoms with E-state index in [1.54, 1.807) is 36.3 Å². The number of carbonyl (C=O) groups is 1. The second-order valence-corrected chi connectivity index (χ2v) is 7.56. The first-order valence-electron chi connectivity index (χ1n) is 9.53. The molecular formula is C24H26N2O3S. The molecule has 0 radical (unpaired) electrons. The van der Waals surface area contributed by atoms with Crippen molar-refractivity contribution >= 4 is 23.9 Å². The molecule has 0 spiro atoms. The maximum atomic E-state index is 11.4. The van der Waals surface area contributed by atoms with Crippen molar-refractivity contribution in [3.05, 3.63) is 103 Å². The fraction of sp³-hybridized carbons (Fsp3) is 0.167. The average Bonchev–Trinajstić information content (AvgIpc) is 2.77. The van der Waals surface area contributed by atoms with Crippen molar-refractivity contribution in [2.24, 2.45) is 4.99 Å². The van der Waals surface area contributed by atoms with Crippen LogP contribution in [-0.4, -0.2) is 34.2 Å². The summed E-state index contributed by atoms with van der Waals surface area (Å²) in [5.74, 6) is -0.134. The van der Waals surface area contributed by atoms with Gasteiger partial charge in [0.25, 0.3) is 0 Å². The standard InChI is InChI=1S/C24H26N2O3S/c1-2-3-14-25-23(24(28)29)16-19-9-11-22(12-10-19)30-15-13-21(18-27)26-17-20-7-5-4-6-8-20/h2-12,14,17-18,23,25,27H,1,13,15-16H2,(H,28,29)/b14-3-,21-18-,26-17?. The minimum Gasteiger partial charge on any atom is -0.514 e. The Morgan fingerprint density at radius 2 is 1.90 bits per heavy atom.